The molecular weight excluding hydrogens is 566 g/mol. The highest BCUT2D eigenvalue weighted by Crippen LogP contribution is 2.34. The molecule has 17 heteroatoms. The molecule has 3 heterocycles. The molecule has 1 amide bonds. The number of pyridine rings is 1. The van der Waals surface area contributed by atoms with Crippen LogP contribution in [0.1, 0.15) is 11.3 Å². The number of ether oxygens (including phenoxy) is 1. The molecule has 0 aliphatic heterocycles. The summed E-state index contributed by atoms with van der Waals surface area (Å²) in [4.78, 5) is 42.1. The third kappa shape index (κ3) is 7.11. The molecule has 0 fully saturated rings. The maximum atomic E-state index is 13.7. The van der Waals surface area contributed by atoms with Crippen molar-refractivity contribution in [3.05, 3.63) is 76.1 Å². The van der Waals surface area contributed by atoms with Gasteiger partial charge in [0.15, 0.2) is 5.69 Å². The molecule has 3 aromatic heterocycles. The number of carbonyl (C=O) groups is 1. The van der Waals surface area contributed by atoms with Gasteiger partial charge in [-0.25, -0.2) is 19.3 Å². The van der Waals surface area contributed by atoms with Crippen LogP contribution in [0, 0.1) is 15.9 Å². The van der Waals surface area contributed by atoms with Crippen molar-refractivity contribution >= 4 is 40.0 Å². The number of likely N-dealkylation sites (N-methyl/N-ethyl adjacent to an activating group) is 1. The Bertz CT molecular complexity index is 1670. The molecule has 13 nitrogen and oxygen atoms in total. The van der Waals surface area contributed by atoms with Crippen molar-refractivity contribution in [1.82, 2.24) is 24.9 Å². The van der Waals surface area contributed by atoms with Crippen LogP contribution in [-0.2, 0) is 17.5 Å². The number of nitrogens with one attached hydrogen (secondary N) is 3. The Morgan fingerprint density at radius 3 is 2.67 bits per heavy atom. The van der Waals surface area contributed by atoms with E-state index in [4.69, 9.17) is 4.74 Å². The molecule has 0 atom stereocenters. The van der Waals surface area contributed by atoms with Crippen molar-refractivity contribution in [3.8, 4) is 6.01 Å². The molecule has 0 aliphatic rings. The Balaban J connectivity index is 1.45. The van der Waals surface area contributed by atoms with Crippen LogP contribution >= 0.6 is 0 Å². The highest BCUT2D eigenvalue weighted by Gasteiger charge is 2.34. The number of imidazole rings is 1. The molecule has 42 heavy (non-hydrogen) atoms. The number of methoxy groups -OCH3 is 1. The smallest absolute Gasteiger partial charge is 0.419 e. The maximum absolute atomic E-state index is 13.7. The predicted molar refractivity (Wildman–Crippen MR) is 142 cm³/mol. The van der Waals surface area contributed by atoms with Gasteiger partial charge in [-0.15, -0.1) is 0 Å². The zero-order chi connectivity index (χ0) is 30.7. The van der Waals surface area contributed by atoms with Crippen molar-refractivity contribution in [1.29, 1.82) is 0 Å². The van der Waals surface area contributed by atoms with Crippen LogP contribution in [0.3, 0.4) is 0 Å². The lowest BCUT2D eigenvalue weighted by molar-refractivity contribution is -0.898. The van der Waals surface area contributed by atoms with Crippen molar-refractivity contribution in [3.63, 3.8) is 0 Å². The summed E-state index contributed by atoms with van der Waals surface area (Å²) in [6.45, 7) is 0.510. The minimum absolute atomic E-state index is 0.0157. The van der Waals surface area contributed by atoms with Gasteiger partial charge in [0.2, 0.25) is 5.91 Å². The monoisotopic (exact) mass is 590 g/mol. The van der Waals surface area contributed by atoms with Crippen LogP contribution in [-0.4, -0.2) is 68.0 Å². The molecular formula is C25H24F4N9O4+. The van der Waals surface area contributed by atoms with Crippen molar-refractivity contribution in [2.45, 2.75) is 12.7 Å². The van der Waals surface area contributed by atoms with E-state index in [-0.39, 0.29) is 45.9 Å². The van der Waals surface area contributed by atoms with Gasteiger partial charge in [0.1, 0.15) is 30.3 Å². The molecule has 0 saturated carbocycles. The number of benzene rings is 1. The van der Waals surface area contributed by atoms with E-state index < -0.39 is 28.4 Å². The third-order valence-corrected chi connectivity index (χ3v) is 5.86. The Hall–Kier alpha value is -5.19. The highest BCUT2D eigenvalue weighted by atomic mass is 19.4. The average molecular weight is 591 g/mol. The number of fused-ring (bicyclic) bond motifs is 1. The molecule has 1 aromatic carbocycles. The quantitative estimate of drug-likeness (QED) is 0.0802. The minimum Gasteiger partial charge on any atom is -0.449 e. The molecule has 0 saturated heterocycles. The van der Waals surface area contributed by atoms with Gasteiger partial charge in [0.25, 0.3) is 0 Å². The Morgan fingerprint density at radius 2 is 1.98 bits per heavy atom. The Morgan fingerprint density at radius 1 is 1.21 bits per heavy atom. The van der Waals surface area contributed by atoms with Crippen LogP contribution in [0.2, 0.25) is 0 Å². The number of nitro groups is 1. The molecule has 3 N–H and O–H groups in total. The molecule has 0 unspecified atom stereocenters. The number of amides is 1. The van der Waals surface area contributed by atoms with Crippen LogP contribution in [0.25, 0.3) is 10.9 Å². The van der Waals surface area contributed by atoms with Gasteiger partial charge >= 0.3 is 18.0 Å². The number of aromatic amines is 1. The number of hydrogen-bond acceptors (Lipinski definition) is 9. The summed E-state index contributed by atoms with van der Waals surface area (Å²) < 4.78 is 58.2. The molecule has 220 valence electrons. The molecule has 0 bridgehead atoms. The van der Waals surface area contributed by atoms with Gasteiger partial charge < -0.3 is 30.0 Å². The SMILES string of the molecule is COc1nc([N+](=O)[O-])c(C[N+](C)(C)C/C=C/C(=O)Nc2cc3c(Nc4ccc(F)c(C(F)(F)F)c4)ncnc3cn2)[nH]1. The number of rotatable bonds is 10. The van der Waals surface area contributed by atoms with Gasteiger partial charge in [-0.3, -0.25) is 9.78 Å². The number of hydrogen-bond donors (Lipinski definition) is 3. The number of alkyl halides is 3. The standard InChI is InChI=1S/C25H23F4N9O4/c1-38(2,12-19-23(37(40)41)36-24(34-19)42-3)8-4-5-21(39)35-20-10-15-18(11-30-20)31-13-32-22(15)33-14-6-7-17(26)16(9-14)25(27,28)29/h4-7,9-11,13H,8,12H2,1-3H3,(H2-,30,31,32,33,34,35,36,39)/p+1/b5-4+. The normalized spacial score (nSPS) is 12.1. The first kappa shape index (κ1) is 29.8. The van der Waals surface area contributed by atoms with E-state index in [9.17, 15) is 32.5 Å². The maximum Gasteiger partial charge on any atom is 0.419 e. The Labute approximate surface area is 235 Å². The lowest BCUT2D eigenvalue weighted by Crippen LogP contribution is -2.39. The number of H-pyrrole nitrogens is 1. The number of quaternary nitrogens is 1. The minimum atomic E-state index is -4.89. The van der Waals surface area contributed by atoms with Gasteiger partial charge in [-0.2, -0.15) is 13.2 Å². The van der Waals surface area contributed by atoms with Crippen molar-refractivity contribution in [2.75, 3.05) is 38.4 Å². The number of anilines is 3. The number of carbonyl (C=O) groups excluding carboxylic acids is 1. The van der Waals surface area contributed by atoms with Gasteiger partial charge in [-0.1, -0.05) is 0 Å². The molecule has 4 aromatic rings. The van der Waals surface area contributed by atoms with Crippen LogP contribution < -0.4 is 15.4 Å². The van der Waals surface area contributed by atoms with E-state index in [0.29, 0.717) is 29.6 Å². The second-order valence-corrected chi connectivity index (χ2v) is 9.60. The zero-order valence-corrected chi connectivity index (χ0v) is 22.4. The fourth-order valence-electron chi connectivity index (χ4n) is 3.92. The largest absolute Gasteiger partial charge is 0.449 e. The van der Waals surface area contributed by atoms with Crippen LogP contribution in [0.4, 0.5) is 40.7 Å². The zero-order valence-electron chi connectivity index (χ0n) is 22.4. The molecule has 0 radical (unpaired) electrons. The Kier molecular flexibility index (Phi) is 8.32. The first-order valence-electron chi connectivity index (χ1n) is 12.1. The van der Waals surface area contributed by atoms with Crippen LogP contribution in [0.15, 0.2) is 48.9 Å². The highest BCUT2D eigenvalue weighted by molar-refractivity contribution is 6.00. The predicted octanol–water partition coefficient (Wildman–Crippen LogP) is 4.34. The number of halogens is 4. The van der Waals surface area contributed by atoms with Gasteiger partial charge in [-0.05, 0) is 35.3 Å². The van der Waals surface area contributed by atoms with E-state index in [1.165, 1.54) is 31.8 Å². The summed E-state index contributed by atoms with van der Waals surface area (Å²) in [5.74, 6) is -2.07. The third-order valence-electron chi connectivity index (χ3n) is 5.86. The summed E-state index contributed by atoms with van der Waals surface area (Å²) in [5.41, 5.74) is -0.893. The lowest BCUT2D eigenvalue weighted by Gasteiger charge is -2.27. The van der Waals surface area contributed by atoms with Crippen molar-refractivity contribution in [2.24, 2.45) is 0 Å². The fraction of sp³-hybridized carbons (Fsp3) is 0.240. The summed E-state index contributed by atoms with van der Waals surface area (Å²) >= 11 is 0. The lowest BCUT2D eigenvalue weighted by atomic mass is 10.1. The van der Waals surface area contributed by atoms with E-state index >= 15 is 0 Å². The summed E-state index contributed by atoms with van der Waals surface area (Å²) in [7, 11) is 4.94. The van der Waals surface area contributed by atoms with Gasteiger partial charge in [0, 0.05) is 22.1 Å². The van der Waals surface area contributed by atoms with E-state index in [1.807, 2.05) is 0 Å². The van der Waals surface area contributed by atoms with E-state index in [1.54, 1.807) is 20.2 Å². The molecule has 0 aliphatic carbocycles. The first-order valence-corrected chi connectivity index (χ1v) is 12.1. The molecule has 4 rings (SSSR count). The summed E-state index contributed by atoms with van der Waals surface area (Å²) in [6.07, 6.45) is 0.488. The van der Waals surface area contributed by atoms with Crippen LogP contribution in [0.5, 0.6) is 6.01 Å². The number of nitrogens with zero attached hydrogens (tertiary/aromatic N) is 6. The van der Waals surface area contributed by atoms with E-state index in [2.05, 4.69) is 35.6 Å². The number of aromatic nitrogens is 5. The van der Waals surface area contributed by atoms with Crippen molar-refractivity contribution < 1.29 is 36.5 Å². The first-order chi connectivity index (χ1) is 19.8. The topological polar surface area (TPSA) is 161 Å². The second kappa shape index (κ2) is 11.7. The second-order valence-electron chi connectivity index (χ2n) is 9.60. The fourth-order valence-corrected chi connectivity index (χ4v) is 3.92. The average Bonchev–Trinajstić information content (AvgIpc) is 3.31. The van der Waals surface area contributed by atoms with E-state index in [0.717, 1.165) is 6.07 Å². The molecule has 0 spiro atoms. The van der Waals surface area contributed by atoms with Gasteiger partial charge in [0.05, 0.1) is 45.0 Å². The summed E-state index contributed by atoms with van der Waals surface area (Å²) in [6, 6.07) is 3.90. The summed E-state index contributed by atoms with van der Waals surface area (Å²) in [5, 5.41) is 16.9.